The molecular formula is C14H19NS2. The second-order valence-corrected chi connectivity index (χ2v) is 6.37. The molecule has 0 aliphatic carbocycles. The quantitative estimate of drug-likeness (QED) is 0.898. The molecule has 1 N–H and O–H groups in total. The number of rotatable bonds is 4. The molecular weight excluding hydrogens is 246 g/mol. The third kappa shape index (κ3) is 5.19. The topological polar surface area (TPSA) is 12.0 Å². The van der Waals surface area contributed by atoms with Crippen molar-refractivity contribution in [2.75, 3.05) is 29.6 Å². The van der Waals surface area contributed by atoms with E-state index in [9.17, 15) is 0 Å². The van der Waals surface area contributed by atoms with E-state index in [-0.39, 0.29) is 0 Å². The Morgan fingerprint density at radius 1 is 1.12 bits per heavy atom. The molecule has 0 unspecified atom stereocenters. The molecule has 1 aromatic rings. The molecule has 1 aromatic carbocycles. The number of thioether (sulfide) groups is 2. The van der Waals surface area contributed by atoms with Gasteiger partial charge < -0.3 is 5.32 Å². The van der Waals surface area contributed by atoms with E-state index >= 15 is 0 Å². The van der Waals surface area contributed by atoms with Crippen LogP contribution in [0.15, 0.2) is 36.4 Å². The minimum Gasteiger partial charge on any atom is -0.309 e. The lowest BCUT2D eigenvalue weighted by atomic mass is 10.2. The molecule has 1 aliphatic heterocycles. The molecule has 3 heteroatoms. The van der Waals surface area contributed by atoms with Crippen molar-refractivity contribution >= 4 is 29.6 Å². The maximum Gasteiger partial charge on any atom is 0.0251 e. The Morgan fingerprint density at radius 2 is 1.82 bits per heavy atom. The van der Waals surface area contributed by atoms with Crippen LogP contribution in [-0.4, -0.2) is 35.6 Å². The van der Waals surface area contributed by atoms with E-state index in [1.165, 1.54) is 28.6 Å². The number of hydrogen-bond donors (Lipinski definition) is 1. The van der Waals surface area contributed by atoms with Gasteiger partial charge in [0.1, 0.15) is 0 Å². The van der Waals surface area contributed by atoms with E-state index in [0.29, 0.717) is 6.04 Å². The third-order valence-electron chi connectivity index (χ3n) is 2.64. The highest BCUT2D eigenvalue weighted by molar-refractivity contribution is 8.03. The SMILES string of the molecule is C(=C\c1ccccc1)/CNC1CSCCSC1. The Kier molecular flexibility index (Phi) is 6.03. The molecule has 0 atom stereocenters. The standard InChI is InChI=1S/C14H19NS2/c1-2-5-13(6-3-1)7-4-8-15-14-11-16-9-10-17-12-14/h1-7,14-15H,8-12H2/b7-4+. The normalized spacial score (nSPS) is 18.4. The molecule has 0 bridgehead atoms. The fourth-order valence-corrected chi connectivity index (χ4v) is 4.19. The first-order valence-corrected chi connectivity index (χ1v) is 8.36. The van der Waals surface area contributed by atoms with Crippen LogP contribution in [0.5, 0.6) is 0 Å². The average molecular weight is 265 g/mol. The molecule has 0 spiro atoms. The lowest BCUT2D eigenvalue weighted by Crippen LogP contribution is -2.33. The summed E-state index contributed by atoms with van der Waals surface area (Å²) in [6.45, 7) is 0.973. The second-order valence-electron chi connectivity index (χ2n) is 4.07. The molecule has 1 heterocycles. The number of hydrogen-bond acceptors (Lipinski definition) is 3. The molecule has 2 rings (SSSR count). The summed E-state index contributed by atoms with van der Waals surface area (Å²) in [5.41, 5.74) is 1.28. The Balaban J connectivity index is 1.70. The van der Waals surface area contributed by atoms with Gasteiger partial charge in [-0.05, 0) is 5.56 Å². The van der Waals surface area contributed by atoms with E-state index in [1.54, 1.807) is 0 Å². The van der Waals surface area contributed by atoms with E-state index < -0.39 is 0 Å². The highest BCUT2D eigenvalue weighted by Gasteiger charge is 2.10. The minimum atomic E-state index is 0.674. The van der Waals surface area contributed by atoms with Gasteiger partial charge in [-0.25, -0.2) is 0 Å². The van der Waals surface area contributed by atoms with Crippen molar-refractivity contribution in [3.8, 4) is 0 Å². The van der Waals surface area contributed by atoms with Crippen molar-refractivity contribution in [1.29, 1.82) is 0 Å². The maximum atomic E-state index is 3.60. The molecule has 0 saturated carbocycles. The second kappa shape index (κ2) is 7.85. The highest BCUT2D eigenvalue weighted by Crippen LogP contribution is 2.16. The summed E-state index contributed by atoms with van der Waals surface area (Å²) in [6, 6.07) is 11.1. The van der Waals surface area contributed by atoms with Gasteiger partial charge in [0.2, 0.25) is 0 Å². The van der Waals surface area contributed by atoms with Crippen molar-refractivity contribution in [2.45, 2.75) is 6.04 Å². The van der Waals surface area contributed by atoms with Gasteiger partial charge in [0.25, 0.3) is 0 Å². The van der Waals surface area contributed by atoms with Gasteiger partial charge in [0.15, 0.2) is 0 Å². The Labute approximate surface area is 112 Å². The maximum absolute atomic E-state index is 3.60. The molecule has 1 nitrogen and oxygen atoms in total. The van der Waals surface area contributed by atoms with Crippen molar-refractivity contribution in [3.05, 3.63) is 42.0 Å². The first kappa shape index (κ1) is 13.1. The lowest BCUT2D eigenvalue weighted by Gasteiger charge is -2.13. The van der Waals surface area contributed by atoms with Crippen LogP contribution in [0.3, 0.4) is 0 Å². The Bertz CT molecular complexity index is 329. The van der Waals surface area contributed by atoms with Crippen molar-refractivity contribution in [1.82, 2.24) is 5.32 Å². The molecule has 1 aliphatic rings. The van der Waals surface area contributed by atoms with Crippen molar-refractivity contribution < 1.29 is 0 Å². The molecule has 0 aromatic heterocycles. The first-order valence-electron chi connectivity index (χ1n) is 6.05. The summed E-state index contributed by atoms with van der Waals surface area (Å²) in [6.07, 6.45) is 4.40. The van der Waals surface area contributed by atoms with Gasteiger partial charge in [-0.1, -0.05) is 42.5 Å². The van der Waals surface area contributed by atoms with Crippen LogP contribution in [0.1, 0.15) is 5.56 Å². The first-order chi connectivity index (χ1) is 8.45. The lowest BCUT2D eigenvalue weighted by molar-refractivity contribution is 0.651. The van der Waals surface area contributed by atoms with Gasteiger partial charge >= 0.3 is 0 Å². The van der Waals surface area contributed by atoms with Crippen LogP contribution < -0.4 is 5.32 Å². The summed E-state index contributed by atoms with van der Waals surface area (Å²) >= 11 is 4.14. The zero-order valence-electron chi connectivity index (χ0n) is 9.97. The van der Waals surface area contributed by atoms with Crippen LogP contribution in [0.25, 0.3) is 6.08 Å². The molecule has 1 saturated heterocycles. The molecule has 0 amide bonds. The Hall–Kier alpha value is -0.380. The van der Waals surface area contributed by atoms with Crippen LogP contribution in [0.2, 0.25) is 0 Å². The van der Waals surface area contributed by atoms with E-state index in [2.05, 4.69) is 71.3 Å². The monoisotopic (exact) mass is 265 g/mol. The predicted octanol–water partition coefficient (Wildman–Crippen LogP) is 3.14. The van der Waals surface area contributed by atoms with Gasteiger partial charge in [0.05, 0.1) is 0 Å². The Morgan fingerprint density at radius 3 is 2.53 bits per heavy atom. The highest BCUT2D eigenvalue weighted by atomic mass is 32.2. The summed E-state index contributed by atoms with van der Waals surface area (Å²) in [4.78, 5) is 0. The van der Waals surface area contributed by atoms with Crippen LogP contribution in [-0.2, 0) is 0 Å². The summed E-state index contributed by atoms with van der Waals surface area (Å²) in [5, 5.41) is 3.60. The van der Waals surface area contributed by atoms with Gasteiger partial charge in [0, 0.05) is 35.6 Å². The smallest absolute Gasteiger partial charge is 0.0251 e. The molecule has 92 valence electrons. The molecule has 1 fully saturated rings. The van der Waals surface area contributed by atoms with Gasteiger partial charge in [-0.15, -0.1) is 0 Å². The predicted molar refractivity (Wildman–Crippen MR) is 81.9 cm³/mol. The largest absolute Gasteiger partial charge is 0.309 e. The van der Waals surface area contributed by atoms with Crippen LogP contribution in [0.4, 0.5) is 0 Å². The molecule has 0 radical (unpaired) electrons. The number of benzene rings is 1. The van der Waals surface area contributed by atoms with Crippen molar-refractivity contribution in [2.24, 2.45) is 0 Å². The third-order valence-corrected chi connectivity index (χ3v) is 5.16. The van der Waals surface area contributed by atoms with E-state index in [4.69, 9.17) is 0 Å². The van der Waals surface area contributed by atoms with Crippen LogP contribution >= 0.6 is 23.5 Å². The van der Waals surface area contributed by atoms with Gasteiger partial charge in [-0.3, -0.25) is 0 Å². The fourth-order valence-electron chi connectivity index (χ4n) is 1.73. The van der Waals surface area contributed by atoms with E-state index in [0.717, 1.165) is 6.54 Å². The van der Waals surface area contributed by atoms with Crippen LogP contribution in [0, 0.1) is 0 Å². The minimum absolute atomic E-state index is 0.674. The fraction of sp³-hybridized carbons (Fsp3) is 0.429. The summed E-state index contributed by atoms with van der Waals surface area (Å²) in [7, 11) is 0. The summed E-state index contributed by atoms with van der Waals surface area (Å²) in [5.74, 6) is 5.13. The number of nitrogens with one attached hydrogen (secondary N) is 1. The van der Waals surface area contributed by atoms with E-state index in [1.807, 2.05) is 0 Å². The van der Waals surface area contributed by atoms with Gasteiger partial charge in [-0.2, -0.15) is 23.5 Å². The zero-order valence-corrected chi connectivity index (χ0v) is 11.6. The zero-order chi connectivity index (χ0) is 11.8. The average Bonchev–Trinajstić information content (AvgIpc) is 2.65. The van der Waals surface area contributed by atoms with Crippen molar-refractivity contribution in [3.63, 3.8) is 0 Å². The molecule has 17 heavy (non-hydrogen) atoms. The summed E-state index contributed by atoms with van der Waals surface area (Å²) < 4.78 is 0.